The molecule has 0 radical (unpaired) electrons. The molecule has 0 heterocycles. The van der Waals surface area contributed by atoms with Gasteiger partial charge in [0.25, 0.3) is 0 Å². The van der Waals surface area contributed by atoms with Crippen molar-refractivity contribution in [2.45, 2.75) is 19.8 Å². The summed E-state index contributed by atoms with van der Waals surface area (Å²) >= 11 is 0. The van der Waals surface area contributed by atoms with E-state index in [2.05, 4.69) is 5.32 Å². The number of hydrogen-bond acceptors (Lipinski definition) is 4. The third kappa shape index (κ3) is 5.19. The van der Waals surface area contributed by atoms with E-state index in [0.717, 1.165) is 29.9 Å². The predicted octanol–water partition coefficient (Wildman–Crippen LogP) is 3.97. The van der Waals surface area contributed by atoms with Crippen LogP contribution in [0.1, 0.15) is 28.8 Å². The summed E-state index contributed by atoms with van der Waals surface area (Å²) in [5.41, 5.74) is 1.90. The van der Waals surface area contributed by atoms with Crippen LogP contribution in [-0.4, -0.2) is 31.3 Å². The average molecular weight is 329 g/mol. The first-order valence-corrected chi connectivity index (χ1v) is 7.95. The molecule has 0 saturated carbocycles. The molecule has 128 valence electrons. The van der Waals surface area contributed by atoms with E-state index in [9.17, 15) is 9.90 Å². The zero-order valence-electron chi connectivity index (χ0n) is 14.0. The first kappa shape index (κ1) is 17.7. The summed E-state index contributed by atoms with van der Waals surface area (Å²) in [5.74, 6) is 0.707. The van der Waals surface area contributed by atoms with E-state index in [0.29, 0.717) is 24.4 Å². The number of benzene rings is 2. The van der Waals surface area contributed by atoms with Crippen LogP contribution in [-0.2, 0) is 0 Å². The van der Waals surface area contributed by atoms with Crippen LogP contribution < -0.4 is 14.8 Å². The fraction of sp³-hybridized carbons (Fsp3) is 0.316. The van der Waals surface area contributed by atoms with Crippen molar-refractivity contribution in [1.29, 1.82) is 0 Å². The van der Waals surface area contributed by atoms with Gasteiger partial charge in [-0.15, -0.1) is 0 Å². The summed E-state index contributed by atoms with van der Waals surface area (Å²) < 4.78 is 10.8. The highest BCUT2D eigenvalue weighted by Crippen LogP contribution is 2.18. The molecule has 0 spiro atoms. The smallest absolute Gasteiger partial charge is 0.337 e. The first-order chi connectivity index (χ1) is 11.6. The van der Waals surface area contributed by atoms with Gasteiger partial charge in [-0.05, 0) is 56.2 Å². The van der Waals surface area contributed by atoms with E-state index < -0.39 is 5.97 Å². The molecule has 5 nitrogen and oxygen atoms in total. The Bertz CT molecular complexity index is 668. The van der Waals surface area contributed by atoms with Gasteiger partial charge < -0.3 is 19.9 Å². The maximum Gasteiger partial charge on any atom is 0.337 e. The molecule has 2 aromatic carbocycles. The van der Waals surface area contributed by atoms with E-state index >= 15 is 0 Å². The maximum absolute atomic E-state index is 11.2. The van der Waals surface area contributed by atoms with Gasteiger partial charge in [0, 0.05) is 12.2 Å². The van der Waals surface area contributed by atoms with Crippen molar-refractivity contribution < 1.29 is 19.4 Å². The van der Waals surface area contributed by atoms with Crippen molar-refractivity contribution in [3.05, 3.63) is 53.6 Å². The van der Waals surface area contributed by atoms with Gasteiger partial charge in [-0.2, -0.15) is 0 Å². The second-order valence-corrected chi connectivity index (χ2v) is 5.51. The van der Waals surface area contributed by atoms with Crippen LogP contribution >= 0.6 is 0 Å². The Morgan fingerprint density at radius 3 is 2.46 bits per heavy atom. The second-order valence-electron chi connectivity index (χ2n) is 5.51. The lowest BCUT2D eigenvalue weighted by atomic mass is 10.1. The van der Waals surface area contributed by atoms with E-state index in [1.165, 1.54) is 0 Å². The van der Waals surface area contributed by atoms with Gasteiger partial charge in [-0.3, -0.25) is 0 Å². The van der Waals surface area contributed by atoms with Crippen LogP contribution in [0, 0.1) is 6.92 Å². The van der Waals surface area contributed by atoms with Crippen LogP contribution in [0.25, 0.3) is 0 Å². The van der Waals surface area contributed by atoms with E-state index in [1.807, 2.05) is 43.3 Å². The predicted molar refractivity (Wildman–Crippen MR) is 94.4 cm³/mol. The highest BCUT2D eigenvalue weighted by molar-refractivity contribution is 5.94. The molecule has 24 heavy (non-hydrogen) atoms. The summed E-state index contributed by atoms with van der Waals surface area (Å²) in [6.45, 7) is 3.20. The molecule has 0 fully saturated rings. The van der Waals surface area contributed by atoms with Gasteiger partial charge in [0.05, 0.1) is 19.3 Å². The fourth-order valence-corrected chi connectivity index (χ4v) is 2.30. The second kappa shape index (κ2) is 8.82. The third-order valence-corrected chi connectivity index (χ3v) is 3.62. The van der Waals surface area contributed by atoms with E-state index in [4.69, 9.17) is 9.47 Å². The Morgan fingerprint density at radius 2 is 1.79 bits per heavy atom. The Balaban J connectivity index is 1.70. The largest absolute Gasteiger partial charge is 0.497 e. The number of aryl methyl sites for hydroxylation is 1. The highest BCUT2D eigenvalue weighted by Gasteiger charge is 2.09. The molecule has 5 heteroatoms. The number of unbranched alkanes of at least 4 members (excludes halogenated alkanes) is 1. The molecule has 0 aliphatic carbocycles. The van der Waals surface area contributed by atoms with Gasteiger partial charge in [0.2, 0.25) is 0 Å². The van der Waals surface area contributed by atoms with Gasteiger partial charge in [0.1, 0.15) is 11.5 Å². The van der Waals surface area contributed by atoms with Crippen molar-refractivity contribution in [2.24, 2.45) is 0 Å². The van der Waals surface area contributed by atoms with Crippen LogP contribution in [0.4, 0.5) is 5.69 Å². The third-order valence-electron chi connectivity index (χ3n) is 3.62. The number of carboxylic acids is 1. The van der Waals surface area contributed by atoms with Crippen molar-refractivity contribution >= 4 is 11.7 Å². The Labute approximate surface area is 142 Å². The van der Waals surface area contributed by atoms with Gasteiger partial charge >= 0.3 is 5.97 Å². The molecule has 0 bridgehead atoms. The quantitative estimate of drug-likeness (QED) is 0.681. The van der Waals surface area contributed by atoms with Gasteiger partial charge in [-0.1, -0.05) is 11.6 Å². The van der Waals surface area contributed by atoms with Crippen LogP contribution in [0.15, 0.2) is 42.5 Å². The lowest BCUT2D eigenvalue weighted by Crippen LogP contribution is -2.09. The van der Waals surface area contributed by atoms with Crippen LogP contribution in [0.2, 0.25) is 0 Å². The number of anilines is 1. The molecule has 0 atom stereocenters. The van der Waals surface area contributed by atoms with E-state index in [1.54, 1.807) is 13.2 Å². The Morgan fingerprint density at radius 1 is 1.08 bits per heavy atom. The molecule has 0 aromatic heterocycles. The lowest BCUT2D eigenvalue weighted by molar-refractivity contribution is 0.0698. The van der Waals surface area contributed by atoms with E-state index in [-0.39, 0.29) is 0 Å². The monoisotopic (exact) mass is 329 g/mol. The molecule has 0 amide bonds. The number of methoxy groups -OCH3 is 1. The van der Waals surface area contributed by atoms with Crippen LogP contribution in [0.3, 0.4) is 0 Å². The number of rotatable bonds is 9. The van der Waals surface area contributed by atoms with Crippen molar-refractivity contribution in [2.75, 3.05) is 25.6 Å². The van der Waals surface area contributed by atoms with Crippen molar-refractivity contribution in [1.82, 2.24) is 0 Å². The number of carboxylic acid groups (broad SMARTS) is 1. The standard InChI is InChI=1S/C19H23NO4/c1-14-5-10-18(17(13-14)19(21)22)20-11-3-4-12-24-16-8-6-15(23-2)7-9-16/h5-10,13,20H,3-4,11-12H2,1-2H3,(H,21,22). The molecule has 2 N–H and O–H groups in total. The van der Waals surface area contributed by atoms with Crippen LogP contribution in [0.5, 0.6) is 11.5 Å². The number of aromatic carboxylic acids is 1. The Hall–Kier alpha value is -2.69. The molecule has 0 unspecified atom stereocenters. The zero-order chi connectivity index (χ0) is 17.4. The molecule has 2 aromatic rings. The van der Waals surface area contributed by atoms with Gasteiger partial charge in [-0.25, -0.2) is 4.79 Å². The number of carbonyl (C=O) groups is 1. The first-order valence-electron chi connectivity index (χ1n) is 7.95. The summed E-state index contributed by atoms with van der Waals surface area (Å²) in [6.07, 6.45) is 1.77. The number of hydrogen-bond donors (Lipinski definition) is 2. The highest BCUT2D eigenvalue weighted by atomic mass is 16.5. The minimum Gasteiger partial charge on any atom is -0.497 e. The zero-order valence-corrected chi connectivity index (χ0v) is 14.0. The maximum atomic E-state index is 11.2. The van der Waals surface area contributed by atoms with Crippen molar-refractivity contribution in [3.8, 4) is 11.5 Å². The number of ether oxygens (including phenoxy) is 2. The molecular weight excluding hydrogens is 306 g/mol. The minimum absolute atomic E-state index is 0.310. The molecule has 0 saturated heterocycles. The number of nitrogens with one attached hydrogen (secondary N) is 1. The topological polar surface area (TPSA) is 67.8 Å². The summed E-state index contributed by atoms with van der Waals surface area (Å²) in [6, 6.07) is 12.9. The normalized spacial score (nSPS) is 10.2. The SMILES string of the molecule is COc1ccc(OCCCCNc2ccc(C)cc2C(=O)O)cc1. The molecular formula is C19H23NO4. The fourth-order valence-electron chi connectivity index (χ4n) is 2.30. The lowest BCUT2D eigenvalue weighted by Gasteiger charge is -2.11. The summed E-state index contributed by atoms with van der Waals surface area (Å²) in [4.78, 5) is 11.2. The molecule has 0 aliphatic rings. The molecule has 2 rings (SSSR count). The minimum atomic E-state index is -0.913. The van der Waals surface area contributed by atoms with Crippen molar-refractivity contribution in [3.63, 3.8) is 0 Å². The molecule has 0 aliphatic heterocycles. The average Bonchev–Trinajstić information content (AvgIpc) is 2.59. The summed E-state index contributed by atoms with van der Waals surface area (Å²) in [7, 11) is 1.63. The Kier molecular flexibility index (Phi) is 6.49. The summed E-state index contributed by atoms with van der Waals surface area (Å²) in [5, 5.41) is 12.4. The van der Waals surface area contributed by atoms with Gasteiger partial charge in [0.15, 0.2) is 0 Å².